The number of hydrazine groups is 1. The summed E-state index contributed by atoms with van der Waals surface area (Å²) in [4.78, 5) is 10.4. The summed E-state index contributed by atoms with van der Waals surface area (Å²) in [6.07, 6.45) is 0. The Hall–Kier alpha value is -0.770. The topological polar surface area (TPSA) is 53.2 Å². The summed E-state index contributed by atoms with van der Waals surface area (Å²) in [7, 11) is 0. The lowest BCUT2D eigenvalue weighted by atomic mass is 10.3. The molecule has 1 aliphatic heterocycles. The Bertz CT molecular complexity index is 120. The van der Waals surface area contributed by atoms with E-state index in [9.17, 15) is 4.79 Å². The second-order valence-electron chi connectivity index (χ2n) is 2.33. The lowest BCUT2D eigenvalue weighted by Crippen LogP contribution is -2.44. The van der Waals surface area contributed by atoms with Gasteiger partial charge in [0, 0.05) is 0 Å². The van der Waals surface area contributed by atoms with Crippen LogP contribution in [0.5, 0.6) is 0 Å². The molecule has 0 saturated carbocycles. The van der Waals surface area contributed by atoms with Crippen LogP contribution in [-0.4, -0.2) is 11.7 Å². The molecule has 0 aromatic carbocycles. The quantitative estimate of drug-likeness (QED) is 0.400. The number of nitrogens with one attached hydrogen (secondary N) is 3. The summed E-state index contributed by atoms with van der Waals surface area (Å²) in [6, 6.07) is -0.171. The molecule has 1 fully saturated rings. The standard InChI is InChI=1S/C4H9N3O/c1-4(2)5-3(8)6-7-4/h7H,1-2H3,(H2,5,6,8). The van der Waals surface area contributed by atoms with Crippen molar-refractivity contribution in [3.8, 4) is 0 Å². The number of hydrogen-bond acceptors (Lipinski definition) is 2. The number of rotatable bonds is 0. The third-order valence-corrected chi connectivity index (χ3v) is 0.915. The first-order chi connectivity index (χ1) is 3.60. The van der Waals surface area contributed by atoms with Crippen LogP contribution >= 0.6 is 0 Å². The molecule has 0 aliphatic carbocycles. The van der Waals surface area contributed by atoms with E-state index >= 15 is 0 Å². The van der Waals surface area contributed by atoms with Crippen molar-refractivity contribution in [3.05, 3.63) is 0 Å². The minimum absolute atomic E-state index is 0.171. The molecule has 0 atom stereocenters. The van der Waals surface area contributed by atoms with Gasteiger partial charge in [-0.1, -0.05) is 0 Å². The molecule has 1 saturated heterocycles. The van der Waals surface area contributed by atoms with Crippen molar-refractivity contribution in [2.75, 3.05) is 0 Å². The summed E-state index contributed by atoms with van der Waals surface area (Å²) >= 11 is 0. The van der Waals surface area contributed by atoms with Crippen LogP contribution < -0.4 is 16.2 Å². The zero-order valence-electron chi connectivity index (χ0n) is 4.91. The number of amides is 2. The van der Waals surface area contributed by atoms with Gasteiger partial charge in [-0.25, -0.2) is 10.2 Å². The second-order valence-corrected chi connectivity index (χ2v) is 2.33. The summed E-state index contributed by atoms with van der Waals surface area (Å²) in [5.41, 5.74) is 4.85. The maximum absolute atomic E-state index is 10.4. The van der Waals surface area contributed by atoms with Gasteiger partial charge in [-0.3, -0.25) is 5.43 Å². The van der Waals surface area contributed by atoms with Crippen molar-refractivity contribution in [2.45, 2.75) is 19.5 Å². The molecule has 0 aromatic rings. The van der Waals surface area contributed by atoms with Crippen LogP contribution in [0.25, 0.3) is 0 Å². The summed E-state index contributed by atoms with van der Waals surface area (Å²) in [5, 5.41) is 2.63. The maximum atomic E-state index is 10.4. The van der Waals surface area contributed by atoms with Gasteiger partial charge in [0.15, 0.2) is 0 Å². The molecule has 0 unspecified atom stereocenters. The van der Waals surface area contributed by atoms with E-state index in [0.717, 1.165) is 0 Å². The molecule has 4 nitrogen and oxygen atoms in total. The molecule has 1 rings (SSSR count). The van der Waals surface area contributed by atoms with E-state index in [-0.39, 0.29) is 11.7 Å². The van der Waals surface area contributed by atoms with Crippen LogP contribution in [-0.2, 0) is 0 Å². The Morgan fingerprint density at radius 2 is 2.12 bits per heavy atom. The first-order valence-electron chi connectivity index (χ1n) is 2.45. The van der Waals surface area contributed by atoms with Gasteiger partial charge >= 0.3 is 6.03 Å². The van der Waals surface area contributed by atoms with Crippen LogP contribution in [0.15, 0.2) is 0 Å². The molecular weight excluding hydrogens is 106 g/mol. The lowest BCUT2D eigenvalue weighted by Gasteiger charge is -2.14. The van der Waals surface area contributed by atoms with E-state index < -0.39 is 0 Å². The molecule has 1 aliphatic rings. The zero-order chi connectivity index (χ0) is 6.20. The Balaban J connectivity index is 2.56. The Morgan fingerprint density at radius 1 is 1.50 bits per heavy atom. The minimum Gasteiger partial charge on any atom is -0.318 e. The molecule has 0 aromatic heterocycles. The highest BCUT2D eigenvalue weighted by atomic mass is 16.2. The van der Waals surface area contributed by atoms with Crippen LogP contribution in [0, 0.1) is 0 Å². The third kappa shape index (κ3) is 0.894. The molecule has 0 bridgehead atoms. The number of urea groups is 1. The van der Waals surface area contributed by atoms with Gasteiger partial charge in [-0.05, 0) is 13.8 Å². The van der Waals surface area contributed by atoms with Gasteiger partial charge in [-0.15, -0.1) is 0 Å². The fourth-order valence-electron chi connectivity index (χ4n) is 0.559. The number of carbonyl (C=O) groups is 1. The zero-order valence-corrected chi connectivity index (χ0v) is 4.91. The largest absolute Gasteiger partial charge is 0.330 e. The molecule has 0 radical (unpaired) electrons. The van der Waals surface area contributed by atoms with Gasteiger partial charge in [0.2, 0.25) is 0 Å². The fraction of sp³-hybridized carbons (Fsp3) is 0.750. The normalized spacial score (nSPS) is 24.5. The molecule has 2 amide bonds. The van der Waals surface area contributed by atoms with Crippen molar-refractivity contribution in [1.29, 1.82) is 0 Å². The third-order valence-electron chi connectivity index (χ3n) is 0.915. The summed E-state index contributed by atoms with van der Waals surface area (Å²) in [6.45, 7) is 3.73. The molecule has 4 heteroatoms. The average Bonchev–Trinajstić information content (AvgIpc) is 1.82. The number of hydrogen-bond donors (Lipinski definition) is 3. The fourth-order valence-corrected chi connectivity index (χ4v) is 0.559. The molecule has 1 heterocycles. The van der Waals surface area contributed by atoms with Gasteiger partial charge in [0.05, 0.1) is 0 Å². The highest BCUT2D eigenvalue weighted by Gasteiger charge is 2.25. The van der Waals surface area contributed by atoms with Gasteiger partial charge in [0.25, 0.3) is 0 Å². The van der Waals surface area contributed by atoms with Crippen molar-refractivity contribution in [3.63, 3.8) is 0 Å². The van der Waals surface area contributed by atoms with Gasteiger partial charge in [-0.2, -0.15) is 0 Å². The van der Waals surface area contributed by atoms with Crippen LogP contribution in [0.3, 0.4) is 0 Å². The highest BCUT2D eigenvalue weighted by molar-refractivity contribution is 5.76. The predicted molar refractivity (Wildman–Crippen MR) is 28.9 cm³/mol. The van der Waals surface area contributed by atoms with Crippen molar-refractivity contribution >= 4 is 6.03 Å². The predicted octanol–water partition coefficient (Wildman–Crippen LogP) is -0.460. The van der Waals surface area contributed by atoms with E-state index in [0.29, 0.717) is 0 Å². The van der Waals surface area contributed by atoms with E-state index in [1.807, 2.05) is 13.8 Å². The Kier molecular flexibility index (Phi) is 0.907. The highest BCUT2D eigenvalue weighted by Crippen LogP contribution is 1.97. The molecule has 46 valence electrons. The summed E-state index contributed by atoms with van der Waals surface area (Å²) < 4.78 is 0. The smallest absolute Gasteiger partial charge is 0.318 e. The van der Waals surface area contributed by atoms with Crippen molar-refractivity contribution in [2.24, 2.45) is 0 Å². The van der Waals surface area contributed by atoms with Crippen LogP contribution in [0.4, 0.5) is 4.79 Å². The van der Waals surface area contributed by atoms with Crippen LogP contribution in [0.2, 0.25) is 0 Å². The molecular formula is C4H9N3O. The van der Waals surface area contributed by atoms with Gasteiger partial charge < -0.3 is 5.32 Å². The number of carbonyl (C=O) groups excluding carboxylic acids is 1. The molecule has 8 heavy (non-hydrogen) atoms. The monoisotopic (exact) mass is 115 g/mol. The Morgan fingerprint density at radius 3 is 2.25 bits per heavy atom. The van der Waals surface area contributed by atoms with E-state index in [1.54, 1.807) is 0 Å². The maximum Gasteiger partial charge on any atom is 0.330 e. The van der Waals surface area contributed by atoms with Crippen LogP contribution in [0.1, 0.15) is 13.8 Å². The van der Waals surface area contributed by atoms with Crippen molar-refractivity contribution < 1.29 is 4.79 Å². The van der Waals surface area contributed by atoms with Gasteiger partial charge in [0.1, 0.15) is 5.66 Å². The van der Waals surface area contributed by atoms with Crippen molar-refractivity contribution in [1.82, 2.24) is 16.2 Å². The lowest BCUT2D eigenvalue weighted by molar-refractivity contribution is 0.246. The second kappa shape index (κ2) is 1.35. The average molecular weight is 115 g/mol. The van der Waals surface area contributed by atoms with E-state index in [1.165, 1.54) is 0 Å². The molecule has 3 N–H and O–H groups in total. The molecule has 0 spiro atoms. The van der Waals surface area contributed by atoms with E-state index in [4.69, 9.17) is 0 Å². The SMILES string of the molecule is CC1(C)NNC(=O)N1. The minimum atomic E-state index is -0.295. The first kappa shape index (κ1) is 5.37. The van der Waals surface area contributed by atoms with E-state index in [2.05, 4.69) is 16.2 Å². The Labute approximate surface area is 47.6 Å². The first-order valence-corrected chi connectivity index (χ1v) is 2.45. The summed E-state index contributed by atoms with van der Waals surface area (Å²) in [5.74, 6) is 0.